The molecule has 1 N–H and O–H groups in total. The summed E-state index contributed by atoms with van der Waals surface area (Å²) < 4.78 is 18.3. The van der Waals surface area contributed by atoms with Crippen molar-refractivity contribution in [2.75, 3.05) is 18.6 Å². The van der Waals surface area contributed by atoms with E-state index in [2.05, 4.69) is 5.32 Å². The predicted octanol–water partition coefficient (Wildman–Crippen LogP) is 1.94. The molecule has 19 heavy (non-hydrogen) atoms. The second-order valence-electron chi connectivity index (χ2n) is 4.97. The number of halogens is 1. The highest BCUT2D eigenvalue weighted by atomic mass is 19.1. The van der Waals surface area contributed by atoms with Crippen molar-refractivity contribution in [2.24, 2.45) is 0 Å². The van der Waals surface area contributed by atoms with Gasteiger partial charge in [0.25, 0.3) is 0 Å². The lowest BCUT2D eigenvalue weighted by Gasteiger charge is -2.19. The van der Waals surface area contributed by atoms with Crippen LogP contribution in [-0.2, 0) is 4.79 Å². The number of methoxy groups -OCH3 is 1. The van der Waals surface area contributed by atoms with Crippen molar-refractivity contribution in [3.8, 4) is 5.75 Å². The summed E-state index contributed by atoms with van der Waals surface area (Å²) in [4.78, 5) is 13.9. The van der Waals surface area contributed by atoms with Crippen molar-refractivity contribution < 1.29 is 13.9 Å². The second kappa shape index (κ2) is 5.57. The molecule has 1 aliphatic rings. The molecular formula is C14H19FN2O2. The van der Waals surface area contributed by atoms with Crippen LogP contribution >= 0.6 is 0 Å². The van der Waals surface area contributed by atoms with E-state index in [1.54, 1.807) is 17.0 Å². The van der Waals surface area contributed by atoms with Crippen molar-refractivity contribution in [1.29, 1.82) is 0 Å². The minimum Gasteiger partial charge on any atom is -0.494 e. The molecule has 0 radical (unpaired) electrons. The fourth-order valence-electron chi connectivity index (χ4n) is 2.31. The quantitative estimate of drug-likeness (QED) is 0.905. The number of nitrogens with zero attached hydrogens (tertiary/aromatic N) is 1. The molecule has 1 atom stereocenters. The van der Waals surface area contributed by atoms with Crippen molar-refractivity contribution in [3.63, 3.8) is 0 Å². The van der Waals surface area contributed by atoms with Crippen molar-refractivity contribution in [2.45, 2.75) is 32.4 Å². The summed E-state index contributed by atoms with van der Waals surface area (Å²) in [5.74, 6) is -0.234. The summed E-state index contributed by atoms with van der Waals surface area (Å²) >= 11 is 0. The Kier molecular flexibility index (Phi) is 4.04. The van der Waals surface area contributed by atoms with E-state index in [0.717, 1.165) is 6.42 Å². The molecule has 1 saturated heterocycles. The van der Waals surface area contributed by atoms with Gasteiger partial charge in [-0.2, -0.15) is 0 Å². The Morgan fingerprint density at radius 2 is 2.21 bits per heavy atom. The monoisotopic (exact) mass is 266 g/mol. The van der Waals surface area contributed by atoms with E-state index >= 15 is 0 Å². The Labute approximate surface area is 112 Å². The molecule has 104 valence electrons. The number of amides is 1. The van der Waals surface area contributed by atoms with E-state index in [0.29, 0.717) is 12.2 Å². The van der Waals surface area contributed by atoms with Gasteiger partial charge in [0.2, 0.25) is 5.91 Å². The summed E-state index contributed by atoms with van der Waals surface area (Å²) in [6.45, 7) is 4.66. The van der Waals surface area contributed by atoms with Gasteiger partial charge < -0.3 is 15.0 Å². The largest absolute Gasteiger partial charge is 0.494 e. The van der Waals surface area contributed by atoms with Crippen LogP contribution in [0.2, 0.25) is 0 Å². The van der Waals surface area contributed by atoms with Gasteiger partial charge in [0.05, 0.1) is 13.2 Å². The lowest BCUT2D eigenvalue weighted by atomic mass is 10.2. The molecule has 1 aromatic carbocycles. The first-order valence-electron chi connectivity index (χ1n) is 6.44. The van der Waals surface area contributed by atoms with E-state index in [4.69, 9.17) is 4.74 Å². The third-order valence-corrected chi connectivity index (χ3v) is 3.19. The number of carbonyl (C=O) groups is 1. The van der Waals surface area contributed by atoms with Crippen LogP contribution in [0.1, 0.15) is 20.3 Å². The maximum absolute atomic E-state index is 13.4. The number of benzene rings is 1. The second-order valence-corrected chi connectivity index (χ2v) is 4.97. The third kappa shape index (κ3) is 2.87. The molecule has 1 amide bonds. The molecule has 2 rings (SSSR count). The van der Waals surface area contributed by atoms with E-state index in [1.165, 1.54) is 13.2 Å². The number of rotatable bonds is 4. The first-order chi connectivity index (χ1) is 9.02. The van der Waals surface area contributed by atoms with Gasteiger partial charge in [-0.1, -0.05) is 13.8 Å². The molecule has 4 nitrogen and oxygen atoms in total. The van der Waals surface area contributed by atoms with Crippen LogP contribution in [0.3, 0.4) is 0 Å². The molecule has 1 aliphatic heterocycles. The predicted molar refractivity (Wildman–Crippen MR) is 72.0 cm³/mol. The smallest absolute Gasteiger partial charge is 0.244 e. The van der Waals surface area contributed by atoms with Crippen LogP contribution in [0.4, 0.5) is 10.1 Å². The Morgan fingerprint density at radius 3 is 2.84 bits per heavy atom. The number of nitrogens with one attached hydrogen (secondary N) is 1. The van der Waals surface area contributed by atoms with Crippen LogP contribution in [0, 0.1) is 5.82 Å². The third-order valence-electron chi connectivity index (χ3n) is 3.19. The molecule has 0 aromatic heterocycles. The fourth-order valence-corrected chi connectivity index (χ4v) is 2.31. The first-order valence-corrected chi connectivity index (χ1v) is 6.44. The number of anilines is 1. The molecule has 0 aliphatic carbocycles. The first kappa shape index (κ1) is 13.8. The maximum atomic E-state index is 13.4. The molecule has 1 heterocycles. The lowest BCUT2D eigenvalue weighted by molar-refractivity contribution is -0.118. The number of hydrogen-bond donors (Lipinski definition) is 1. The standard InChI is InChI=1S/C14H19FN2O2/c1-9(2)16-12-6-7-17(14(12)18)10-4-5-11(15)13(8-10)19-3/h4-5,8-9,12,16H,6-7H2,1-3H3. The van der Waals surface area contributed by atoms with Gasteiger partial charge in [-0.25, -0.2) is 4.39 Å². The van der Waals surface area contributed by atoms with E-state index in [-0.39, 0.29) is 23.7 Å². The summed E-state index contributed by atoms with van der Waals surface area (Å²) in [5, 5.41) is 3.23. The Bertz CT molecular complexity index is 477. The number of carbonyl (C=O) groups excluding carboxylic acids is 1. The zero-order chi connectivity index (χ0) is 14.0. The Morgan fingerprint density at radius 1 is 1.47 bits per heavy atom. The minimum absolute atomic E-state index is 0.0300. The van der Waals surface area contributed by atoms with Gasteiger partial charge in [-0.15, -0.1) is 0 Å². The SMILES string of the molecule is COc1cc(N2CCC(NC(C)C)C2=O)ccc1F. The molecule has 0 bridgehead atoms. The number of ether oxygens (including phenoxy) is 1. The lowest BCUT2D eigenvalue weighted by Crippen LogP contribution is -2.41. The van der Waals surface area contributed by atoms with Crippen LogP contribution in [0.5, 0.6) is 5.75 Å². The summed E-state index contributed by atoms with van der Waals surface area (Å²) in [5.41, 5.74) is 0.677. The molecule has 5 heteroatoms. The molecule has 0 saturated carbocycles. The average Bonchev–Trinajstić information content (AvgIpc) is 2.71. The van der Waals surface area contributed by atoms with Gasteiger partial charge in [0, 0.05) is 24.3 Å². The van der Waals surface area contributed by atoms with E-state index < -0.39 is 5.82 Å². The maximum Gasteiger partial charge on any atom is 0.244 e. The summed E-state index contributed by atoms with van der Waals surface area (Å²) in [7, 11) is 1.41. The van der Waals surface area contributed by atoms with Crippen LogP contribution in [0.25, 0.3) is 0 Å². The van der Waals surface area contributed by atoms with Crippen LogP contribution in [-0.4, -0.2) is 31.6 Å². The minimum atomic E-state index is -0.422. The Balaban J connectivity index is 2.17. The van der Waals surface area contributed by atoms with Gasteiger partial charge in [0.1, 0.15) is 0 Å². The topological polar surface area (TPSA) is 41.6 Å². The molecule has 0 spiro atoms. The highest BCUT2D eigenvalue weighted by molar-refractivity contribution is 5.99. The molecule has 1 fully saturated rings. The zero-order valence-electron chi connectivity index (χ0n) is 11.4. The van der Waals surface area contributed by atoms with E-state index in [1.807, 2.05) is 13.8 Å². The summed E-state index contributed by atoms with van der Waals surface area (Å²) in [6, 6.07) is 4.59. The molecule has 1 unspecified atom stereocenters. The number of hydrogen-bond acceptors (Lipinski definition) is 3. The summed E-state index contributed by atoms with van der Waals surface area (Å²) in [6.07, 6.45) is 0.761. The fraction of sp³-hybridized carbons (Fsp3) is 0.500. The van der Waals surface area contributed by atoms with Gasteiger partial charge >= 0.3 is 0 Å². The van der Waals surface area contributed by atoms with Gasteiger partial charge in [-0.3, -0.25) is 4.79 Å². The van der Waals surface area contributed by atoms with Gasteiger partial charge in [0.15, 0.2) is 11.6 Å². The highest BCUT2D eigenvalue weighted by Gasteiger charge is 2.32. The molecular weight excluding hydrogens is 247 g/mol. The van der Waals surface area contributed by atoms with Crippen molar-refractivity contribution in [1.82, 2.24) is 5.32 Å². The highest BCUT2D eigenvalue weighted by Crippen LogP contribution is 2.27. The van der Waals surface area contributed by atoms with Crippen molar-refractivity contribution >= 4 is 11.6 Å². The van der Waals surface area contributed by atoms with Crippen LogP contribution < -0.4 is 15.0 Å². The normalized spacial score (nSPS) is 19.3. The van der Waals surface area contributed by atoms with Crippen molar-refractivity contribution in [3.05, 3.63) is 24.0 Å². The zero-order valence-corrected chi connectivity index (χ0v) is 11.4. The Hall–Kier alpha value is -1.62. The van der Waals surface area contributed by atoms with E-state index in [9.17, 15) is 9.18 Å². The van der Waals surface area contributed by atoms with Gasteiger partial charge in [-0.05, 0) is 18.6 Å². The molecule has 1 aromatic rings. The average molecular weight is 266 g/mol. The van der Waals surface area contributed by atoms with Crippen LogP contribution in [0.15, 0.2) is 18.2 Å².